The molecule has 0 spiro atoms. The van der Waals surface area contributed by atoms with E-state index in [2.05, 4.69) is 5.32 Å². The van der Waals surface area contributed by atoms with Gasteiger partial charge in [0.25, 0.3) is 0 Å². The van der Waals surface area contributed by atoms with Crippen molar-refractivity contribution < 1.29 is 19.1 Å². The van der Waals surface area contributed by atoms with Gasteiger partial charge in [0.2, 0.25) is 5.91 Å². The fourth-order valence-corrected chi connectivity index (χ4v) is 2.72. The number of nitrogens with one attached hydrogen (secondary N) is 1. The zero-order chi connectivity index (χ0) is 17.4. The molecule has 1 heterocycles. The molecular weight excluding hydrogens is 326 g/mol. The zero-order valence-electron chi connectivity index (χ0n) is 13.4. The lowest BCUT2D eigenvalue weighted by molar-refractivity contribution is -0.142. The van der Waals surface area contributed by atoms with Crippen molar-refractivity contribution in [3.63, 3.8) is 0 Å². The lowest BCUT2D eigenvalue weighted by Crippen LogP contribution is -2.19. The number of aryl methyl sites for hydroxylation is 1. The Morgan fingerprint density at radius 2 is 1.83 bits per heavy atom. The van der Waals surface area contributed by atoms with Crippen LogP contribution in [0.2, 0.25) is 0 Å². The lowest BCUT2D eigenvalue weighted by Gasteiger charge is -2.06. The van der Waals surface area contributed by atoms with E-state index in [-0.39, 0.29) is 30.7 Å². The van der Waals surface area contributed by atoms with Crippen LogP contribution >= 0.6 is 11.3 Å². The molecule has 0 aliphatic carbocycles. The van der Waals surface area contributed by atoms with E-state index in [0.717, 1.165) is 11.1 Å². The highest BCUT2D eigenvalue weighted by molar-refractivity contribution is 7.07. The van der Waals surface area contributed by atoms with Crippen molar-refractivity contribution in [2.45, 2.75) is 26.3 Å². The molecule has 0 fully saturated rings. The van der Waals surface area contributed by atoms with Crippen molar-refractivity contribution in [2.24, 2.45) is 0 Å². The van der Waals surface area contributed by atoms with Crippen molar-refractivity contribution in [3.8, 4) is 0 Å². The second-order valence-electron chi connectivity index (χ2n) is 5.32. The van der Waals surface area contributed by atoms with Crippen LogP contribution in [0.5, 0.6) is 0 Å². The number of amides is 1. The molecule has 2 rings (SSSR count). The summed E-state index contributed by atoms with van der Waals surface area (Å²) < 4.78 is 5.02. The second kappa shape index (κ2) is 8.98. The maximum absolute atomic E-state index is 12.0. The van der Waals surface area contributed by atoms with Crippen LogP contribution < -0.4 is 5.32 Å². The summed E-state index contributed by atoms with van der Waals surface area (Å²) in [6.45, 7) is 1.61. The number of thiophene rings is 1. The quantitative estimate of drug-likeness (QED) is 0.590. The first kappa shape index (κ1) is 17.9. The van der Waals surface area contributed by atoms with Gasteiger partial charge in [-0.2, -0.15) is 11.3 Å². The molecule has 5 nitrogen and oxygen atoms in total. The molecule has 1 N–H and O–H groups in total. The van der Waals surface area contributed by atoms with Crippen LogP contribution in [0.1, 0.15) is 34.8 Å². The third-order valence-electron chi connectivity index (χ3n) is 3.38. The van der Waals surface area contributed by atoms with E-state index in [4.69, 9.17) is 4.74 Å². The molecule has 6 heteroatoms. The molecule has 0 radical (unpaired) electrons. The maximum Gasteiger partial charge on any atom is 0.306 e. The van der Waals surface area contributed by atoms with Crippen LogP contribution in [0, 0.1) is 0 Å². The Labute approximate surface area is 144 Å². The summed E-state index contributed by atoms with van der Waals surface area (Å²) in [5, 5.41) is 6.63. The molecule has 0 aliphatic rings. The molecule has 1 aromatic heterocycles. The SMILES string of the molecule is CC(=O)NCc1ccc(C(=O)COC(=O)CCc2ccsc2)cc1. The highest BCUT2D eigenvalue weighted by atomic mass is 32.1. The molecule has 0 aliphatic heterocycles. The number of esters is 1. The third-order valence-corrected chi connectivity index (χ3v) is 4.11. The zero-order valence-corrected chi connectivity index (χ0v) is 14.2. The van der Waals surface area contributed by atoms with E-state index >= 15 is 0 Å². The molecule has 1 amide bonds. The van der Waals surface area contributed by atoms with Gasteiger partial charge < -0.3 is 10.1 Å². The predicted molar refractivity (Wildman–Crippen MR) is 91.9 cm³/mol. The minimum absolute atomic E-state index is 0.107. The van der Waals surface area contributed by atoms with E-state index in [1.807, 2.05) is 16.8 Å². The molecule has 0 saturated heterocycles. The summed E-state index contributed by atoms with van der Waals surface area (Å²) in [6, 6.07) is 8.83. The summed E-state index contributed by atoms with van der Waals surface area (Å²) in [6.07, 6.45) is 0.883. The molecule has 0 saturated carbocycles. The average molecular weight is 345 g/mol. The van der Waals surface area contributed by atoms with Crippen LogP contribution in [0.4, 0.5) is 0 Å². The van der Waals surface area contributed by atoms with E-state index in [9.17, 15) is 14.4 Å². The Kier molecular flexibility index (Phi) is 6.69. The van der Waals surface area contributed by atoms with E-state index in [1.54, 1.807) is 35.6 Å². The van der Waals surface area contributed by atoms with Crippen LogP contribution in [0.15, 0.2) is 41.1 Å². The van der Waals surface area contributed by atoms with Crippen molar-refractivity contribution in [3.05, 3.63) is 57.8 Å². The van der Waals surface area contributed by atoms with Gasteiger partial charge in [-0.15, -0.1) is 0 Å². The van der Waals surface area contributed by atoms with Gasteiger partial charge in [-0.1, -0.05) is 24.3 Å². The number of ether oxygens (including phenoxy) is 1. The summed E-state index contributed by atoms with van der Waals surface area (Å²) >= 11 is 1.58. The maximum atomic E-state index is 12.0. The van der Waals surface area contributed by atoms with Crippen LogP contribution in [0.3, 0.4) is 0 Å². The Balaban J connectivity index is 1.75. The van der Waals surface area contributed by atoms with E-state index in [0.29, 0.717) is 18.5 Å². The highest BCUT2D eigenvalue weighted by Crippen LogP contribution is 2.09. The lowest BCUT2D eigenvalue weighted by atomic mass is 10.1. The minimum atomic E-state index is -0.378. The Hall–Kier alpha value is -2.47. The van der Waals surface area contributed by atoms with Crippen molar-refractivity contribution in [1.29, 1.82) is 0 Å². The smallest absolute Gasteiger partial charge is 0.306 e. The first-order chi connectivity index (χ1) is 11.5. The first-order valence-corrected chi connectivity index (χ1v) is 8.52. The number of ketones is 1. The van der Waals surface area contributed by atoms with Crippen LogP contribution in [-0.2, 0) is 27.3 Å². The number of benzene rings is 1. The number of carbonyl (C=O) groups is 3. The highest BCUT2D eigenvalue weighted by Gasteiger charge is 2.10. The fraction of sp³-hybridized carbons (Fsp3) is 0.278. The normalized spacial score (nSPS) is 10.2. The number of hydrogen-bond acceptors (Lipinski definition) is 5. The van der Waals surface area contributed by atoms with Crippen LogP contribution in [-0.4, -0.2) is 24.3 Å². The molecule has 0 atom stereocenters. The van der Waals surface area contributed by atoms with Gasteiger partial charge in [0, 0.05) is 25.5 Å². The average Bonchev–Trinajstić information content (AvgIpc) is 3.10. The fourth-order valence-electron chi connectivity index (χ4n) is 2.02. The van der Waals surface area contributed by atoms with Gasteiger partial charge in [-0.05, 0) is 34.4 Å². The summed E-state index contributed by atoms with van der Waals surface area (Å²) in [5.74, 6) is -0.730. The Morgan fingerprint density at radius 3 is 2.46 bits per heavy atom. The van der Waals surface area contributed by atoms with Gasteiger partial charge in [0.1, 0.15) is 0 Å². The topological polar surface area (TPSA) is 72.5 Å². The Morgan fingerprint density at radius 1 is 1.08 bits per heavy atom. The molecule has 1 aromatic carbocycles. The number of hydrogen-bond donors (Lipinski definition) is 1. The number of Topliss-reactive ketones (excluding diaryl/α,β-unsaturated/α-hetero) is 1. The van der Waals surface area contributed by atoms with Crippen molar-refractivity contribution in [2.75, 3.05) is 6.61 Å². The van der Waals surface area contributed by atoms with Crippen molar-refractivity contribution >= 4 is 29.0 Å². The summed E-state index contributed by atoms with van der Waals surface area (Å²) in [5.41, 5.74) is 2.47. The monoisotopic (exact) mass is 345 g/mol. The van der Waals surface area contributed by atoms with Gasteiger partial charge >= 0.3 is 5.97 Å². The molecule has 0 bridgehead atoms. The van der Waals surface area contributed by atoms with Gasteiger partial charge in [-0.3, -0.25) is 14.4 Å². The summed E-state index contributed by atoms with van der Waals surface area (Å²) in [4.78, 5) is 34.5. The van der Waals surface area contributed by atoms with Gasteiger partial charge in [0.15, 0.2) is 12.4 Å². The number of carbonyl (C=O) groups excluding carboxylic acids is 3. The first-order valence-electron chi connectivity index (χ1n) is 7.58. The summed E-state index contributed by atoms with van der Waals surface area (Å²) in [7, 11) is 0. The minimum Gasteiger partial charge on any atom is -0.457 e. The molecule has 2 aromatic rings. The molecule has 24 heavy (non-hydrogen) atoms. The largest absolute Gasteiger partial charge is 0.457 e. The standard InChI is InChI=1S/C18H19NO4S/c1-13(20)19-10-14-2-5-16(6-3-14)17(21)11-23-18(22)7-4-15-8-9-24-12-15/h2-3,5-6,8-9,12H,4,7,10-11H2,1H3,(H,19,20). The second-order valence-corrected chi connectivity index (χ2v) is 6.10. The van der Waals surface area contributed by atoms with Crippen LogP contribution in [0.25, 0.3) is 0 Å². The molecule has 126 valence electrons. The third kappa shape index (κ3) is 5.96. The molecule has 0 unspecified atom stereocenters. The van der Waals surface area contributed by atoms with E-state index < -0.39 is 0 Å². The predicted octanol–water partition coefficient (Wildman–Crippen LogP) is 2.74. The van der Waals surface area contributed by atoms with E-state index in [1.165, 1.54) is 6.92 Å². The number of rotatable bonds is 8. The van der Waals surface area contributed by atoms with Gasteiger partial charge in [0.05, 0.1) is 0 Å². The van der Waals surface area contributed by atoms with Gasteiger partial charge in [-0.25, -0.2) is 0 Å². The van der Waals surface area contributed by atoms with Crippen molar-refractivity contribution in [1.82, 2.24) is 5.32 Å². The molecular formula is C18H19NO4S. The Bertz CT molecular complexity index is 692.